The lowest BCUT2D eigenvalue weighted by atomic mass is 9.96. The second kappa shape index (κ2) is 9.52. The molecule has 8 nitrogen and oxygen atoms in total. The molecule has 1 aliphatic heterocycles. The number of anilines is 1. The van der Waals surface area contributed by atoms with Crippen molar-refractivity contribution in [1.82, 2.24) is 9.78 Å². The van der Waals surface area contributed by atoms with E-state index in [0.29, 0.717) is 33.1 Å². The summed E-state index contributed by atoms with van der Waals surface area (Å²) in [5, 5.41) is 26.6. The summed E-state index contributed by atoms with van der Waals surface area (Å²) in [5.74, 6) is -3.85. The number of nitrogens with one attached hydrogen (secondary N) is 1. The molecule has 1 amide bonds. The fourth-order valence-corrected chi connectivity index (χ4v) is 5.31. The summed E-state index contributed by atoms with van der Waals surface area (Å²) in [6, 6.07) is 24.5. The standard InChI is InChI=1S/C27H18N4O4S/c28-14-20(26(33)29-16-8-3-1-4-9-16)24(32)22-21-15-36-25-18(12-7-13-19(25)27(34)35)23(21)31(30-22)17-10-5-2-6-11-17/h1-13,20H,15H2,(H,29,33)(H,34,35). The zero-order valence-corrected chi connectivity index (χ0v) is 19.5. The molecule has 9 heteroatoms. The molecule has 0 saturated heterocycles. The van der Waals surface area contributed by atoms with Crippen LogP contribution >= 0.6 is 11.8 Å². The Morgan fingerprint density at radius 1 is 1.00 bits per heavy atom. The van der Waals surface area contributed by atoms with Crippen molar-refractivity contribution >= 4 is 35.1 Å². The van der Waals surface area contributed by atoms with Crippen molar-refractivity contribution in [2.45, 2.75) is 10.6 Å². The monoisotopic (exact) mass is 494 g/mol. The normalized spacial score (nSPS) is 12.5. The predicted molar refractivity (Wildman–Crippen MR) is 134 cm³/mol. The summed E-state index contributed by atoms with van der Waals surface area (Å²) in [6.07, 6.45) is 0. The van der Waals surface area contributed by atoms with E-state index < -0.39 is 23.6 Å². The second-order valence-corrected chi connectivity index (χ2v) is 8.97. The van der Waals surface area contributed by atoms with Crippen molar-refractivity contribution in [2.75, 3.05) is 5.32 Å². The van der Waals surface area contributed by atoms with Crippen molar-refractivity contribution in [3.05, 3.63) is 95.7 Å². The molecular weight excluding hydrogens is 476 g/mol. The molecule has 1 atom stereocenters. The summed E-state index contributed by atoms with van der Waals surface area (Å²) in [4.78, 5) is 38.8. The van der Waals surface area contributed by atoms with Gasteiger partial charge in [-0.1, -0.05) is 48.5 Å². The number of benzene rings is 3. The van der Waals surface area contributed by atoms with Crippen LogP contribution in [-0.2, 0) is 10.5 Å². The number of aromatic nitrogens is 2. The molecule has 0 saturated carbocycles. The van der Waals surface area contributed by atoms with Crippen molar-refractivity contribution in [3.8, 4) is 23.0 Å². The topological polar surface area (TPSA) is 125 Å². The quantitative estimate of drug-likeness (QED) is 0.291. The zero-order chi connectivity index (χ0) is 25.2. The number of nitrogens with zero attached hydrogens (tertiary/aromatic N) is 3. The molecule has 2 heterocycles. The fourth-order valence-electron chi connectivity index (χ4n) is 4.12. The van der Waals surface area contributed by atoms with E-state index in [2.05, 4.69) is 10.4 Å². The maximum Gasteiger partial charge on any atom is 0.336 e. The Hall–Kier alpha value is -4.68. The molecule has 1 unspecified atom stereocenters. The van der Waals surface area contributed by atoms with Crippen LogP contribution < -0.4 is 5.32 Å². The first-order valence-electron chi connectivity index (χ1n) is 11.0. The highest BCUT2D eigenvalue weighted by Crippen LogP contribution is 2.45. The molecule has 2 N–H and O–H groups in total. The van der Waals surface area contributed by atoms with Crippen LogP contribution in [-0.4, -0.2) is 32.5 Å². The first-order chi connectivity index (χ1) is 17.5. The minimum atomic E-state index is -1.61. The molecule has 3 aromatic carbocycles. The molecule has 0 fully saturated rings. The van der Waals surface area contributed by atoms with Crippen LogP contribution in [0.4, 0.5) is 5.69 Å². The number of hydrogen-bond acceptors (Lipinski definition) is 6. The summed E-state index contributed by atoms with van der Waals surface area (Å²) in [6.45, 7) is 0. The number of hydrogen-bond donors (Lipinski definition) is 2. The number of aromatic carboxylic acids is 1. The summed E-state index contributed by atoms with van der Waals surface area (Å²) in [7, 11) is 0. The number of ketones is 1. The molecule has 36 heavy (non-hydrogen) atoms. The van der Waals surface area contributed by atoms with Gasteiger partial charge in [0, 0.05) is 27.5 Å². The second-order valence-electron chi connectivity index (χ2n) is 7.98. The highest BCUT2D eigenvalue weighted by atomic mass is 32.2. The fraction of sp³-hybridized carbons (Fsp3) is 0.0741. The predicted octanol–water partition coefficient (Wildman–Crippen LogP) is 4.80. The van der Waals surface area contributed by atoms with Crippen LogP contribution in [0.5, 0.6) is 0 Å². The highest BCUT2D eigenvalue weighted by molar-refractivity contribution is 7.98. The Bertz CT molecular complexity index is 1540. The molecule has 4 aromatic rings. The first-order valence-corrected chi connectivity index (χ1v) is 11.9. The number of nitriles is 1. The maximum atomic E-state index is 13.5. The van der Waals surface area contributed by atoms with Gasteiger partial charge in [0.2, 0.25) is 11.7 Å². The van der Waals surface area contributed by atoms with Crippen molar-refractivity contribution in [3.63, 3.8) is 0 Å². The molecule has 1 aliphatic rings. The molecule has 1 aromatic heterocycles. The van der Waals surface area contributed by atoms with Crippen molar-refractivity contribution in [1.29, 1.82) is 5.26 Å². The maximum absolute atomic E-state index is 13.5. The van der Waals surface area contributed by atoms with Gasteiger partial charge in [-0.2, -0.15) is 10.4 Å². The Morgan fingerprint density at radius 2 is 1.69 bits per heavy atom. The van der Waals surface area contributed by atoms with Gasteiger partial charge in [-0.15, -0.1) is 11.8 Å². The van der Waals surface area contributed by atoms with Gasteiger partial charge < -0.3 is 10.4 Å². The average Bonchev–Trinajstić information content (AvgIpc) is 3.30. The molecule has 0 spiro atoms. The first kappa shape index (κ1) is 23.1. The number of carboxylic acid groups (broad SMARTS) is 1. The van der Waals surface area contributed by atoms with E-state index in [1.807, 2.05) is 36.4 Å². The van der Waals surface area contributed by atoms with Crippen LogP contribution in [0.1, 0.15) is 26.4 Å². The number of rotatable bonds is 6. The Balaban J connectivity index is 1.63. The lowest BCUT2D eigenvalue weighted by Crippen LogP contribution is -2.29. The van der Waals surface area contributed by atoms with Gasteiger partial charge in [-0.05, 0) is 30.3 Å². The van der Waals surface area contributed by atoms with E-state index in [1.54, 1.807) is 47.1 Å². The Kier molecular flexibility index (Phi) is 6.10. The smallest absolute Gasteiger partial charge is 0.336 e. The number of Topliss-reactive ketones (excluding diaryl/α,β-unsaturated/α-hetero) is 1. The van der Waals surface area contributed by atoms with Crippen LogP contribution in [0.25, 0.3) is 16.9 Å². The number of carboxylic acids is 1. The average molecular weight is 495 g/mol. The molecule has 176 valence electrons. The SMILES string of the molecule is N#CC(C(=O)Nc1ccccc1)C(=O)c1nn(-c2ccccc2)c2c1CSc1c(C(=O)O)cccc1-2. The number of amides is 1. The summed E-state index contributed by atoms with van der Waals surface area (Å²) >= 11 is 1.29. The van der Waals surface area contributed by atoms with E-state index in [9.17, 15) is 24.8 Å². The molecule has 0 radical (unpaired) electrons. The van der Waals surface area contributed by atoms with E-state index in [-0.39, 0.29) is 17.0 Å². The van der Waals surface area contributed by atoms with Gasteiger partial charge in [0.1, 0.15) is 5.69 Å². The number of thioether (sulfide) groups is 1. The lowest BCUT2D eigenvalue weighted by molar-refractivity contribution is -0.117. The minimum Gasteiger partial charge on any atom is -0.478 e. The Labute approximate surface area is 210 Å². The van der Waals surface area contributed by atoms with E-state index in [1.165, 1.54) is 17.8 Å². The van der Waals surface area contributed by atoms with Gasteiger partial charge in [0.25, 0.3) is 0 Å². The number of para-hydroxylation sites is 2. The van der Waals surface area contributed by atoms with Crippen molar-refractivity contribution in [2.24, 2.45) is 5.92 Å². The van der Waals surface area contributed by atoms with Gasteiger partial charge >= 0.3 is 5.97 Å². The largest absolute Gasteiger partial charge is 0.478 e. The minimum absolute atomic E-state index is 0.0162. The summed E-state index contributed by atoms with van der Waals surface area (Å²) in [5.41, 5.74) is 3.06. The third kappa shape index (κ3) is 4.04. The number of carbonyl (C=O) groups excluding carboxylic acids is 2. The van der Waals surface area contributed by atoms with E-state index >= 15 is 0 Å². The molecule has 0 aliphatic carbocycles. The molecule has 5 rings (SSSR count). The van der Waals surface area contributed by atoms with Crippen LogP contribution in [0, 0.1) is 17.2 Å². The van der Waals surface area contributed by atoms with Crippen molar-refractivity contribution < 1.29 is 19.5 Å². The number of carbonyl (C=O) groups is 3. The van der Waals surface area contributed by atoms with Crippen LogP contribution in [0.2, 0.25) is 0 Å². The number of fused-ring (bicyclic) bond motifs is 3. The van der Waals surface area contributed by atoms with Gasteiger partial charge in [0.15, 0.2) is 5.92 Å². The van der Waals surface area contributed by atoms with Gasteiger partial charge in [-0.3, -0.25) is 9.59 Å². The third-order valence-corrected chi connectivity index (χ3v) is 6.94. The Morgan fingerprint density at radius 3 is 2.36 bits per heavy atom. The zero-order valence-electron chi connectivity index (χ0n) is 18.7. The third-order valence-electron chi connectivity index (χ3n) is 5.77. The van der Waals surface area contributed by atoms with Crippen LogP contribution in [0.3, 0.4) is 0 Å². The van der Waals surface area contributed by atoms with Crippen LogP contribution in [0.15, 0.2) is 83.8 Å². The van der Waals surface area contributed by atoms with E-state index in [0.717, 1.165) is 0 Å². The molecular formula is C27H18N4O4S. The van der Waals surface area contributed by atoms with Gasteiger partial charge in [-0.25, -0.2) is 9.48 Å². The highest BCUT2D eigenvalue weighted by Gasteiger charge is 2.36. The van der Waals surface area contributed by atoms with Gasteiger partial charge in [0.05, 0.1) is 23.0 Å². The molecule has 0 bridgehead atoms. The lowest BCUT2D eigenvalue weighted by Gasteiger charge is -2.20. The van der Waals surface area contributed by atoms with E-state index in [4.69, 9.17) is 0 Å². The summed E-state index contributed by atoms with van der Waals surface area (Å²) < 4.78 is 1.58.